The summed E-state index contributed by atoms with van der Waals surface area (Å²) in [4.78, 5) is 0. The minimum atomic E-state index is -0.960. The minimum absolute atomic E-state index is 0.323. The summed E-state index contributed by atoms with van der Waals surface area (Å²) in [5.74, 6) is 0.909. The van der Waals surface area contributed by atoms with Crippen LogP contribution in [0.4, 0.5) is 0 Å². The second-order valence-electron chi connectivity index (χ2n) is 3.51. The largest absolute Gasteiger partial charge is 0.391 e. The van der Waals surface area contributed by atoms with Crippen molar-refractivity contribution in [2.24, 2.45) is 0 Å². The van der Waals surface area contributed by atoms with Crippen molar-refractivity contribution in [1.82, 2.24) is 5.32 Å². The van der Waals surface area contributed by atoms with E-state index in [1.165, 1.54) is 0 Å². The zero-order valence-corrected chi connectivity index (χ0v) is 10.9. The van der Waals surface area contributed by atoms with E-state index in [2.05, 4.69) is 5.32 Å². The summed E-state index contributed by atoms with van der Waals surface area (Å²) in [5, 5.41) is 12.6. The Morgan fingerprint density at radius 1 is 1.31 bits per heavy atom. The maximum absolute atomic E-state index is 11.5. The van der Waals surface area contributed by atoms with E-state index >= 15 is 0 Å². The molecule has 0 aliphatic heterocycles. The second-order valence-corrected chi connectivity index (χ2v) is 5.13. The van der Waals surface area contributed by atoms with Crippen LogP contribution in [0, 0.1) is 0 Å². The van der Waals surface area contributed by atoms with Crippen LogP contribution in [0.2, 0.25) is 0 Å². The zero-order valence-electron chi connectivity index (χ0n) is 10.1. The Kier molecular flexibility index (Phi) is 11.5. The van der Waals surface area contributed by atoms with Gasteiger partial charge in [-0.25, -0.2) is 0 Å². The van der Waals surface area contributed by atoms with E-state index in [0.29, 0.717) is 37.8 Å². The Bertz CT molecular complexity index is 180. The fraction of sp³-hybridized carbons (Fsp3) is 1.00. The average Bonchev–Trinajstić information content (AvgIpc) is 2.25. The molecular weight excluding hydrogens is 230 g/mol. The number of hydrogen-bond donors (Lipinski definition) is 2. The van der Waals surface area contributed by atoms with E-state index in [4.69, 9.17) is 9.47 Å². The SMILES string of the molecule is COCCCS(=O)CC(O)CNCCOC. The first-order chi connectivity index (χ1) is 7.70. The third-order valence-corrected chi connectivity index (χ3v) is 3.46. The first kappa shape index (κ1) is 16.0. The van der Waals surface area contributed by atoms with Gasteiger partial charge in [-0.3, -0.25) is 4.21 Å². The van der Waals surface area contributed by atoms with Crippen LogP contribution in [0.1, 0.15) is 6.42 Å². The summed E-state index contributed by atoms with van der Waals surface area (Å²) < 4.78 is 21.2. The van der Waals surface area contributed by atoms with Gasteiger partial charge in [-0.1, -0.05) is 0 Å². The van der Waals surface area contributed by atoms with Crippen LogP contribution >= 0.6 is 0 Å². The fourth-order valence-corrected chi connectivity index (χ4v) is 2.32. The lowest BCUT2D eigenvalue weighted by molar-refractivity contribution is 0.174. The molecule has 98 valence electrons. The Labute approximate surface area is 100.0 Å². The van der Waals surface area contributed by atoms with Crippen LogP contribution in [-0.2, 0) is 20.3 Å². The van der Waals surface area contributed by atoms with Gasteiger partial charge in [0.2, 0.25) is 0 Å². The molecule has 0 bridgehead atoms. The van der Waals surface area contributed by atoms with Gasteiger partial charge in [-0.05, 0) is 6.42 Å². The molecule has 5 nitrogen and oxygen atoms in total. The standard InChI is InChI=1S/C10H23NO4S/c1-14-5-3-7-16(13)9-10(12)8-11-4-6-15-2/h10-12H,3-9H2,1-2H3. The highest BCUT2D eigenvalue weighted by atomic mass is 32.2. The summed E-state index contributed by atoms with van der Waals surface area (Å²) in [6.45, 7) is 2.39. The molecule has 0 saturated heterocycles. The molecule has 0 heterocycles. The first-order valence-electron chi connectivity index (χ1n) is 5.42. The van der Waals surface area contributed by atoms with Crippen LogP contribution in [0.25, 0.3) is 0 Å². The van der Waals surface area contributed by atoms with Gasteiger partial charge < -0.3 is 19.9 Å². The molecule has 2 unspecified atom stereocenters. The van der Waals surface area contributed by atoms with Crippen LogP contribution in [0.3, 0.4) is 0 Å². The van der Waals surface area contributed by atoms with E-state index in [9.17, 15) is 9.32 Å². The molecular formula is C10H23NO4S. The molecule has 0 fully saturated rings. The van der Waals surface area contributed by atoms with Gasteiger partial charge in [0.05, 0.1) is 18.5 Å². The summed E-state index contributed by atoms with van der Waals surface area (Å²) in [6, 6.07) is 0. The Balaban J connectivity index is 3.39. The van der Waals surface area contributed by atoms with Crippen LogP contribution in [0.15, 0.2) is 0 Å². The molecule has 0 aliphatic carbocycles. The maximum atomic E-state index is 11.5. The number of nitrogens with one attached hydrogen (secondary N) is 1. The summed E-state index contributed by atoms with van der Waals surface area (Å²) in [7, 11) is 2.29. The normalized spacial score (nSPS) is 14.9. The molecule has 0 rings (SSSR count). The van der Waals surface area contributed by atoms with Crippen molar-refractivity contribution in [3.05, 3.63) is 0 Å². The molecule has 2 N–H and O–H groups in total. The Hall–Kier alpha value is -0.0100. The van der Waals surface area contributed by atoms with Crippen molar-refractivity contribution < 1.29 is 18.8 Å². The minimum Gasteiger partial charge on any atom is -0.391 e. The zero-order chi connectivity index (χ0) is 12.2. The molecule has 0 aromatic rings. The van der Waals surface area contributed by atoms with Gasteiger partial charge in [-0.2, -0.15) is 0 Å². The molecule has 0 saturated carbocycles. The Morgan fingerprint density at radius 2 is 2.00 bits per heavy atom. The van der Waals surface area contributed by atoms with Crippen molar-refractivity contribution in [3.8, 4) is 0 Å². The molecule has 0 amide bonds. The Morgan fingerprint density at radius 3 is 2.62 bits per heavy atom. The number of aliphatic hydroxyl groups excluding tert-OH is 1. The fourth-order valence-electron chi connectivity index (χ4n) is 1.16. The molecule has 6 heteroatoms. The monoisotopic (exact) mass is 253 g/mol. The predicted molar refractivity (Wildman–Crippen MR) is 65.1 cm³/mol. The quantitative estimate of drug-likeness (QED) is 0.480. The topological polar surface area (TPSA) is 67.8 Å². The number of ether oxygens (including phenoxy) is 2. The summed E-state index contributed by atoms with van der Waals surface area (Å²) in [5.41, 5.74) is 0. The smallest absolute Gasteiger partial charge is 0.0779 e. The van der Waals surface area contributed by atoms with Gasteiger partial charge in [0.25, 0.3) is 0 Å². The molecule has 2 atom stereocenters. The van der Waals surface area contributed by atoms with E-state index in [0.717, 1.165) is 6.42 Å². The highest BCUT2D eigenvalue weighted by molar-refractivity contribution is 7.85. The third-order valence-electron chi connectivity index (χ3n) is 1.96. The van der Waals surface area contributed by atoms with Gasteiger partial charge in [-0.15, -0.1) is 0 Å². The van der Waals surface area contributed by atoms with Crippen LogP contribution < -0.4 is 5.32 Å². The molecule has 0 radical (unpaired) electrons. The summed E-state index contributed by atoms with van der Waals surface area (Å²) >= 11 is 0. The molecule has 16 heavy (non-hydrogen) atoms. The molecule has 0 aliphatic rings. The highest BCUT2D eigenvalue weighted by Gasteiger charge is 2.08. The number of hydrogen-bond acceptors (Lipinski definition) is 5. The van der Waals surface area contributed by atoms with Gasteiger partial charge in [0.15, 0.2) is 0 Å². The van der Waals surface area contributed by atoms with Crippen molar-refractivity contribution in [2.45, 2.75) is 12.5 Å². The molecule has 0 aromatic carbocycles. The maximum Gasteiger partial charge on any atom is 0.0779 e. The van der Waals surface area contributed by atoms with E-state index in [1.54, 1.807) is 14.2 Å². The van der Waals surface area contributed by atoms with Gasteiger partial charge >= 0.3 is 0 Å². The van der Waals surface area contributed by atoms with E-state index in [-0.39, 0.29) is 0 Å². The second kappa shape index (κ2) is 11.5. The highest BCUT2D eigenvalue weighted by Crippen LogP contribution is 1.92. The number of rotatable bonds is 11. The molecule has 0 aromatic heterocycles. The lowest BCUT2D eigenvalue weighted by Crippen LogP contribution is -2.33. The summed E-state index contributed by atoms with van der Waals surface area (Å²) in [6.07, 6.45) is 0.215. The number of methoxy groups -OCH3 is 2. The number of aliphatic hydroxyl groups is 1. The first-order valence-corrected chi connectivity index (χ1v) is 6.91. The lowest BCUT2D eigenvalue weighted by Gasteiger charge is -2.11. The average molecular weight is 253 g/mol. The van der Waals surface area contributed by atoms with Gasteiger partial charge in [0, 0.05) is 50.5 Å². The van der Waals surface area contributed by atoms with Gasteiger partial charge in [0.1, 0.15) is 0 Å². The van der Waals surface area contributed by atoms with Crippen molar-refractivity contribution in [1.29, 1.82) is 0 Å². The van der Waals surface area contributed by atoms with Crippen LogP contribution in [-0.4, -0.2) is 67.4 Å². The van der Waals surface area contributed by atoms with Crippen LogP contribution in [0.5, 0.6) is 0 Å². The van der Waals surface area contributed by atoms with Crippen molar-refractivity contribution in [2.75, 3.05) is 52.0 Å². The predicted octanol–water partition coefficient (Wildman–Crippen LogP) is -0.631. The lowest BCUT2D eigenvalue weighted by atomic mass is 10.4. The third kappa shape index (κ3) is 10.5. The van der Waals surface area contributed by atoms with E-state index in [1.807, 2.05) is 0 Å². The van der Waals surface area contributed by atoms with Crippen molar-refractivity contribution in [3.63, 3.8) is 0 Å². The molecule has 0 spiro atoms. The van der Waals surface area contributed by atoms with Crippen molar-refractivity contribution >= 4 is 10.8 Å². The van der Waals surface area contributed by atoms with E-state index < -0.39 is 16.9 Å².